The van der Waals surface area contributed by atoms with E-state index in [0.717, 1.165) is 5.39 Å². The number of carboxylic acid groups (broad SMARTS) is 1. The summed E-state index contributed by atoms with van der Waals surface area (Å²) < 4.78 is 33.1. The van der Waals surface area contributed by atoms with Gasteiger partial charge in [0.25, 0.3) is 0 Å². The summed E-state index contributed by atoms with van der Waals surface area (Å²) in [5.74, 6) is -0.965. The molecule has 2 aromatic carbocycles. The molecule has 1 aliphatic rings. The molecule has 0 amide bonds. The Labute approximate surface area is 147 Å². The highest BCUT2D eigenvalue weighted by Crippen LogP contribution is 2.33. The number of nitrogens with zero attached hydrogens (tertiary/aromatic N) is 1. The SMILES string of the molecule is CCOc1ccc(S(=O)(=O)N2CCCC(C(=O)O)C2)c2ccccc12. The third kappa shape index (κ3) is 3.34. The highest BCUT2D eigenvalue weighted by atomic mass is 32.2. The molecule has 1 aliphatic heterocycles. The molecule has 1 fully saturated rings. The van der Waals surface area contributed by atoms with Gasteiger partial charge in [0.15, 0.2) is 0 Å². The quantitative estimate of drug-likeness (QED) is 0.883. The summed E-state index contributed by atoms with van der Waals surface area (Å²) in [7, 11) is -3.77. The molecule has 0 bridgehead atoms. The molecule has 0 spiro atoms. The lowest BCUT2D eigenvalue weighted by atomic mass is 10.0. The van der Waals surface area contributed by atoms with Crippen LogP contribution in [0.5, 0.6) is 5.75 Å². The summed E-state index contributed by atoms with van der Waals surface area (Å²) in [6.45, 7) is 2.72. The van der Waals surface area contributed by atoms with Crippen LogP contribution in [0.15, 0.2) is 41.3 Å². The van der Waals surface area contributed by atoms with E-state index in [0.29, 0.717) is 37.1 Å². The van der Waals surface area contributed by atoms with Crippen LogP contribution in [0.1, 0.15) is 19.8 Å². The molecule has 0 radical (unpaired) electrons. The number of aliphatic carboxylic acids is 1. The molecule has 6 nitrogen and oxygen atoms in total. The van der Waals surface area contributed by atoms with Gasteiger partial charge in [0, 0.05) is 23.9 Å². The molecule has 1 saturated heterocycles. The van der Waals surface area contributed by atoms with Crippen molar-refractivity contribution in [1.82, 2.24) is 4.31 Å². The van der Waals surface area contributed by atoms with Crippen LogP contribution in [0.4, 0.5) is 0 Å². The highest BCUT2D eigenvalue weighted by Gasteiger charge is 2.34. The van der Waals surface area contributed by atoms with Crippen molar-refractivity contribution in [3.05, 3.63) is 36.4 Å². The molecule has 1 atom stereocenters. The fourth-order valence-electron chi connectivity index (χ4n) is 3.25. The highest BCUT2D eigenvalue weighted by molar-refractivity contribution is 7.89. The number of piperidine rings is 1. The Bertz CT molecular complexity index is 893. The van der Waals surface area contributed by atoms with Crippen molar-refractivity contribution in [2.75, 3.05) is 19.7 Å². The van der Waals surface area contributed by atoms with E-state index in [2.05, 4.69) is 0 Å². The Balaban J connectivity index is 2.06. The summed E-state index contributed by atoms with van der Waals surface area (Å²) in [5, 5.41) is 10.5. The lowest BCUT2D eigenvalue weighted by Crippen LogP contribution is -2.42. The predicted molar refractivity (Wildman–Crippen MR) is 94.2 cm³/mol. The number of hydrogen-bond acceptors (Lipinski definition) is 4. The first kappa shape index (κ1) is 17.7. The lowest BCUT2D eigenvalue weighted by molar-refractivity contribution is -0.142. The molecule has 7 heteroatoms. The van der Waals surface area contributed by atoms with E-state index < -0.39 is 21.9 Å². The molecular weight excluding hydrogens is 342 g/mol. The van der Waals surface area contributed by atoms with Gasteiger partial charge in [0.2, 0.25) is 10.0 Å². The maximum atomic E-state index is 13.1. The minimum Gasteiger partial charge on any atom is -0.493 e. The zero-order valence-corrected chi connectivity index (χ0v) is 14.8. The molecule has 0 aromatic heterocycles. The summed E-state index contributed by atoms with van der Waals surface area (Å²) in [5.41, 5.74) is 0. The molecule has 0 aliphatic carbocycles. The lowest BCUT2D eigenvalue weighted by Gasteiger charge is -2.30. The van der Waals surface area contributed by atoms with Gasteiger partial charge in [0.05, 0.1) is 17.4 Å². The van der Waals surface area contributed by atoms with Crippen molar-refractivity contribution < 1.29 is 23.1 Å². The van der Waals surface area contributed by atoms with Crippen molar-refractivity contribution in [3.63, 3.8) is 0 Å². The molecule has 25 heavy (non-hydrogen) atoms. The van der Waals surface area contributed by atoms with Crippen LogP contribution in [-0.2, 0) is 14.8 Å². The Kier molecular flexibility index (Phi) is 4.96. The second-order valence-corrected chi connectivity index (χ2v) is 7.99. The van der Waals surface area contributed by atoms with E-state index in [9.17, 15) is 18.3 Å². The minimum atomic E-state index is -3.77. The topological polar surface area (TPSA) is 83.9 Å². The van der Waals surface area contributed by atoms with Crippen LogP contribution in [0.2, 0.25) is 0 Å². The number of carbonyl (C=O) groups is 1. The summed E-state index contributed by atoms with van der Waals surface area (Å²) >= 11 is 0. The third-order valence-electron chi connectivity index (χ3n) is 4.50. The van der Waals surface area contributed by atoms with Gasteiger partial charge < -0.3 is 9.84 Å². The number of sulfonamides is 1. The Morgan fingerprint density at radius 2 is 1.96 bits per heavy atom. The maximum absolute atomic E-state index is 13.1. The Hall–Kier alpha value is -2.12. The largest absolute Gasteiger partial charge is 0.493 e. The van der Waals surface area contributed by atoms with Crippen molar-refractivity contribution >= 4 is 26.8 Å². The second-order valence-electron chi connectivity index (χ2n) is 6.08. The van der Waals surface area contributed by atoms with Gasteiger partial charge in [-0.05, 0) is 31.9 Å². The van der Waals surface area contributed by atoms with Gasteiger partial charge in [-0.25, -0.2) is 8.42 Å². The number of carboxylic acids is 1. The van der Waals surface area contributed by atoms with E-state index in [1.165, 1.54) is 4.31 Å². The average molecular weight is 363 g/mol. The van der Waals surface area contributed by atoms with Crippen LogP contribution in [-0.4, -0.2) is 43.5 Å². The van der Waals surface area contributed by atoms with Crippen molar-refractivity contribution in [3.8, 4) is 5.75 Å². The summed E-state index contributed by atoms with van der Waals surface area (Å²) in [6.07, 6.45) is 1.05. The minimum absolute atomic E-state index is 0.0131. The molecule has 134 valence electrons. The van der Waals surface area contributed by atoms with Gasteiger partial charge >= 0.3 is 5.97 Å². The number of rotatable bonds is 5. The van der Waals surface area contributed by atoms with Crippen molar-refractivity contribution in [1.29, 1.82) is 0 Å². The Morgan fingerprint density at radius 3 is 2.64 bits per heavy atom. The molecule has 2 aromatic rings. The second kappa shape index (κ2) is 7.01. The first-order chi connectivity index (χ1) is 11.9. The van der Waals surface area contributed by atoms with Crippen LogP contribution < -0.4 is 4.74 Å². The molecule has 3 rings (SSSR count). The van der Waals surface area contributed by atoms with Crippen LogP contribution in [0.25, 0.3) is 10.8 Å². The van der Waals surface area contributed by atoms with Crippen LogP contribution in [0.3, 0.4) is 0 Å². The number of ether oxygens (including phenoxy) is 1. The van der Waals surface area contributed by atoms with E-state index >= 15 is 0 Å². The molecule has 1 N–H and O–H groups in total. The standard InChI is InChI=1S/C18H21NO5S/c1-2-24-16-9-10-17(15-8-4-3-7-14(15)16)25(22,23)19-11-5-6-13(12-19)18(20)21/h3-4,7-10,13H,2,5-6,11-12H2,1H3,(H,20,21). The maximum Gasteiger partial charge on any atom is 0.307 e. The molecule has 1 heterocycles. The third-order valence-corrected chi connectivity index (χ3v) is 6.42. The molecule has 1 unspecified atom stereocenters. The van der Waals surface area contributed by atoms with Crippen molar-refractivity contribution in [2.45, 2.75) is 24.7 Å². The van der Waals surface area contributed by atoms with Gasteiger partial charge in [-0.2, -0.15) is 4.31 Å². The zero-order chi connectivity index (χ0) is 18.0. The van der Waals surface area contributed by atoms with Gasteiger partial charge in [-0.15, -0.1) is 0 Å². The normalized spacial score (nSPS) is 19.0. The number of fused-ring (bicyclic) bond motifs is 1. The van der Waals surface area contributed by atoms with Crippen LogP contribution in [0, 0.1) is 5.92 Å². The number of hydrogen-bond donors (Lipinski definition) is 1. The fourth-order valence-corrected chi connectivity index (χ4v) is 4.97. The van der Waals surface area contributed by atoms with Gasteiger partial charge in [0.1, 0.15) is 5.75 Å². The summed E-state index contributed by atoms with van der Waals surface area (Å²) in [6, 6.07) is 10.4. The fraction of sp³-hybridized carbons (Fsp3) is 0.389. The van der Waals surface area contributed by atoms with E-state index in [1.807, 2.05) is 19.1 Å². The monoisotopic (exact) mass is 363 g/mol. The molecular formula is C18H21NO5S. The first-order valence-corrected chi connectivity index (χ1v) is 9.76. The van der Waals surface area contributed by atoms with E-state index in [4.69, 9.17) is 4.74 Å². The Morgan fingerprint density at radius 1 is 1.24 bits per heavy atom. The van der Waals surface area contributed by atoms with Gasteiger partial charge in [-0.1, -0.05) is 24.3 Å². The first-order valence-electron chi connectivity index (χ1n) is 8.32. The zero-order valence-electron chi connectivity index (χ0n) is 14.0. The van der Waals surface area contributed by atoms with Crippen molar-refractivity contribution in [2.24, 2.45) is 5.92 Å². The summed E-state index contributed by atoms with van der Waals surface area (Å²) in [4.78, 5) is 11.4. The van der Waals surface area contributed by atoms with Crippen LogP contribution >= 0.6 is 0 Å². The van der Waals surface area contributed by atoms with E-state index in [-0.39, 0.29) is 11.4 Å². The smallest absolute Gasteiger partial charge is 0.307 e. The predicted octanol–water partition coefficient (Wildman–Crippen LogP) is 2.72. The number of benzene rings is 2. The van der Waals surface area contributed by atoms with E-state index in [1.54, 1.807) is 24.3 Å². The van der Waals surface area contributed by atoms with Gasteiger partial charge in [-0.3, -0.25) is 4.79 Å². The molecule has 0 saturated carbocycles. The average Bonchev–Trinajstić information content (AvgIpc) is 2.62.